The number of hydrogen-bond donors (Lipinski definition) is 3. The van der Waals surface area contributed by atoms with Crippen LogP contribution in [0.1, 0.15) is 25.7 Å². The van der Waals surface area contributed by atoms with Gasteiger partial charge in [-0.3, -0.25) is 20.3 Å². The summed E-state index contributed by atoms with van der Waals surface area (Å²) in [6, 6.07) is 3.39. The van der Waals surface area contributed by atoms with Gasteiger partial charge in [-0.2, -0.15) is 5.21 Å². The van der Waals surface area contributed by atoms with Crippen molar-refractivity contribution in [3.8, 4) is 11.4 Å². The Balaban J connectivity index is 1.84. The van der Waals surface area contributed by atoms with Crippen molar-refractivity contribution >= 4 is 21.6 Å². The zero-order valence-electron chi connectivity index (χ0n) is 13.4. The van der Waals surface area contributed by atoms with E-state index in [2.05, 4.69) is 26.0 Å². The van der Waals surface area contributed by atoms with Gasteiger partial charge in [0.05, 0.1) is 4.92 Å². The van der Waals surface area contributed by atoms with Crippen molar-refractivity contribution in [1.29, 1.82) is 0 Å². The minimum Gasteiger partial charge on any atom is -0.277 e. The molecular weight excluding hydrogens is 366 g/mol. The Bertz CT molecular complexity index is 922. The number of rotatable bonds is 6. The van der Waals surface area contributed by atoms with E-state index in [0.717, 1.165) is 25.0 Å². The number of amides is 1. The van der Waals surface area contributed by atoms with Crippen LogP contribution in [0.5, 0.6) is 0 Å². The van der Waals surface area contributed by atoms with Crippen LogP contribution in [0, 0.1) is 16.0 Å². The summed E-state index contributed by atoms with van der Waals surface area (Å²) in [6.45, 7) is 0. The Morgan fingerprint density at radius 3 is 2.65 bits per heavy atom. The molecule has 1 fully saturated rings. The van der Waals surface area contributed by atoms with Gasteiger partial charge in [-0.25, -0.2) is 8.42 Å². The third-order valence-electron chi connectivity index (χ3n) is 4.08. The van der Waals surface area contributed by atoms with Crippen molar-refractivity contribution in [3.05, 3.63) is 28.3 Å². The van der Waals surface area contributed by atoms with Crippen LogP contribution in [0.3, 0.4) is 0 Å². The van der Waals surface area contributed by atoms with Crippen molar-refractivity contribution < 1.29 is 18.1 Å². The molecule has 1 aromatic heterocycles. The number of aromatic nitrogens is 4. The molecular formula is C13H15N7O5S. The summed E-state index contributed by atoms with van der Waals surface area (Å²) in [6.07, 6.45) is 3.20. The fourth-order valence-electron chi connectivity index (χ4n) is 2.77. The minimum absolute atomic E-state index is 0.0829. The SMILES string of the molecule is O=C(NNS(=O)(=O)c1ccc(-c2nn[nH]n2)cc1[N+](=O)[O-])C1CCCC1. The van der Waals surface area contributed by atoms with E-state index < -0.39 is 31.4 Å². The number of aromatic amines is 1. The number of carbonyl (C=O) groups is 1. The molecule has 0 saturated heterocycles. The average Bonchev–Trinajstić information content (AvgIpc) is 3.32. The predicted octanol–water partition coefficient (Wildman–Crippen LogP) is 0.275. The summed E-state index contributed by atoms with van der Waals surface area (Å²) in [5.74, 6) is -0.620. The van der Waals surface area contributed by atoms with Gasteiger partial charge in [-0.1, -0.05) is 12.8 Å². The van der Waals surface area contributed by atoms with Gasteiger partial charge in [0.2, 0.25) is 11.7 Å². The maximum atomic E-state index is 12.4. The third kappa shape index (κ3) is 3.67. The zero-order chi connectivity index (χ0) is 18.7. The molecule has 0 spiro atoms. The van der Waals surface area contributed by atoms with E-state index in [1.54, 1.807) is 0 Å². The molecule has 13 heteroatoms. The fraction of sp³-hybridized carbons (Fsp3) is 0.385. The number of nitrogens with one attached hydrogen (secondary N) is 3. The molecule has 0 atom stereocenters. The van der Waals surface area contributed by atoms with Crippen molar-refractivity contribution in [1.82, 2.24) is 30.9 Å². The molecule has 138 valence electrons. The van der Waals surface area contributed by atoms with Crippen LogP contribution >= 0.6 is 0 Å². The van der Waals surface area contributed by atoms with Crippen molar-refractivity contribution in [2.75, 3.05) is 0 Å². The molecule has 0 radical (unpaired) electrons. The summed E-state index contributed by atoms with van der Waals surface area (Å²) in [4.78, 5) is 23.8. The first-order valence-corrected chi connectivity index (χ1v) is 9.21. The maximum absolute atomic E-state index is 12.4. The molecule has 0 bridgehead atoms. The van der Waals surface area contributed by atoms with Crippen LogP contribution in [0.25, 0.3) is 11.4 Å². The molecule has 1 aliphatic carbocycles. The van der Waals surface area contributed by atoms with E-state index >= 15 is 0 Å². The molecule has 1 amide bonds. The van der Waals surface area contributed by atoms with E-state index in [9.17, 15) is 23.3 Å². The largest absolute Gasteiger partial charge is 0.290 e. The first-order valence-electron chi connectivity index (χ1n) is 7.72. The highest BCUT2D eigenvalue weighted by Crippen LogP contribution is 2.28. The average molecular weight is 381 g/mol. The monoisotopic (exact) mass is 381 g/mol. The van der Waals surface area contributed by atoms with E-state index in [4.69, 9.17) is 0 Å². The molecule has 1 heterocycles. The maximum Gasteiger partial charge on any atom is 0.290 e. The quantitative estimate of drug-likeness (QED) is 0.472. The van der Waals surface area contributed by atoms with Gasteiger partial charge < -0.3 is 0 Å². The van der Waals surface area contributed by atoms with Gasteiger partial charge in [0, 0.05) is 17.5 Å². The van der Waals surface area contributed by atoms with Gasteiger partial charge in [0.1, 0.15) is 0 Å². The first kappa shape index (κ1) is 17.9. The van der Waals surface area contributed by atoms with Crippen LogP contribution in [0.15, 0.2) is 23.1 Å². The molecule has 3 rings (SSSR count). The van der Waals surface area contributed by atoms with Crippen LogP contribution in [0.4, 0.5) is 5.69 Å². The normalized spacial score (nSPS) is 15.1. The number of nitro groups is 1. The van der Waals surface area contributed by atoms with E-state index in [1.165, 1.54) is 6.07 Å². The molecule has 2 aromatic rings. The lowest BCUT2D eigenvalue weighted by Crippen LogP contribution is -2.44. The molecule has 0 unspecified atom stereocenters. The molecule has 0 aliphatic heterocycles. The lowest BCUT2D eigenvalue weighted by Gasteiger charge is -2.12. The minimum atomic E-state index is -4.33. The van der Waals surface area contributed by atoms with Crippen LogP contribution in [-0.4, -0.2) is 39.9 Å². The number of nitro benzene ring substituents is 1. The second-order valence-electron chi connectivity index (χ2n) is 5.75. The van der Waals surface area contributed by atoms with Gasteiger partial charge in [-0.05, 0) is 30.2 Å². The van der Waals surface area contributed by atoms with Gasteiger partial charge in [-0.15, -0.1) is 15.0 Å². The summed E-state index contributed by atoms with van der Waals surface area (Å²) >= 11 is 0. The van der Waals surface area contributed by atoms with Crippen molar-refractivity contribution in [2.45, 2.75) is 30.6 Å². The summed E-state index contributed by atoms with van der Waals surface area (Å²) in [5.41, 5.74) is 1.68. The number of hydrogen-bond acceptors (Lipinski definition) is 8. The zero-order valence-corrected chi connectivity index (χ0v) is 14.2. The highest BCUT2D eigenvalue weighted by molar-refractivity contribution is 7.89. The molecule has 12 nitrogen and oxygen atoms in total. The number of sulfonamides is 1. The number of H-pyrrole nitrogens is 1. The Morgan fingerprint density at radius 1 is 1.31 bits per heavy atom. The standard InChI is InChI=1S/C13H15N7O5S/c21-13(8-3-1-2-4-8)16-19-26(24,25)11-6-5-9(7-10(11)20(22)23)12-14-17-18-15-12/h5-8,19H,1-4H2,(H,16,21)(H,14,15,17,18). The van der Waals surface area contributed by atoms with Gasteiger partial charge >= 0.3 is 0 Å². The number of carbonyl (C=O) groups excluding carboxylic acids is 1. The Morgan fingerprint density at radius 2 is 2.04 bits per heavy atom. The van der Waals surface area contributed by atoms with Crippen molar-refractivity contribution in [3.63, 3.8) is 0 Å². The summed E-state index contributed by atoms with van der Waals surface area (Å²) in [7, 11) is -4.33. The molecule has 1 aromatic carbocycles. The number of hydrazine groups is 1. The fourth-order valence-corrected chi connectivity index (χ4v) is 3.77. The first-order chi connectivity index (χ1) is 12.4. The lowest BCUT2D eigenvalue weighted by atomic mass is 10.1. The molecule has 1 aliphatic rings. The highest BCUT2D eigenvalue weighted by Gasteiger charge is 2.29. The molecule has 26 heavy (non-hydrogen) atoms. The third-order valence-corrected chi connectivity index (χ3v) is 5.38. The second-order valence-corrected chi connectivity index (χ2v) is 7.40. The van der Waals surface area contributed by atoms with Crippen LogP contribution in [-0.2, 0) is 14.8 Å². The van der Waals surface area contributed by atoms with Crippen molar-refractivity contribution in [2.24, 2.45) is 5.92 Å². The van der Waals surface area contributed by atoms with Gasteiger partial charge in [0.25, 0.3) is 15.7 Å². The Labute approximate surface area is 147 Å². The summed E-state index contributed by atoms with van der Waals surface area (Å²) in [5, 5.41) is 24.2. The topological polar surface area (TPSA) is 173 Å². The van der Waals surface area contributed by atoms with Gasteiger partial charge in [0.15, 0.2) is 4.90 Å². The summed E-state index contributed by atoms with van der Waals surface area (Å²) < 4.78 is 24.8. The number of nitrogens with zero attached hydrogens (tertiary/aromatic N) is 4. The second kappa shape index (κ2) is 7.13. The van der Waals surface area contributed by atoms with Crippen LogP contribution < -0.4 is 10.3 Å². The highest BCUT2D eigenvalue weighted by atomic mass is 32.2. The van der Waals surface area contributed by atoms with E-state index in [1.807, 2.05) is 4.83 Å². The van der Waals surface area contributed by atoms with E-state index in [0.29, 0.717) is 12.8 Å². The lowest BCUT2D eigenvalue weighted by molar-refractivity contribution is -0.387. The van der Waals surface area contributed by atoms with Crippen LogP contribution in [0.2, 0.25) is 0 Å². The Hall–Kier alpha value is -2.93. The molecule has 1 saturated carbocycles. The van der Waals surface area contributed by atoms with E-state index in [-0.39, 0.29) is 17.3 Å². The molecule has 3 N–H and O–H groups in total. The smallest absolute Gasteiger partial charge is 0.277 e. The predicted molar refractivity (Wildman–Crippen MR) is 86.7 cm³/mol. The number of tetrazole rings is 1. The Kier molecular flexibility index (Phi) is 4.90. The number of benzene rings is 1.